The first-order chi connectivity index (χ1) is 9.11. The Morgan fingerprint density at radius 1 is 1.63 bits per heavy atom. The maximum atomic E-state index is 11.9. The number of anilines is 1. The maximum absolute atomic E-state index is 11.9. The van der Waals surface area contributed by atoms with E-state index in [2.05, 4.69) is 38.1 Å². The van der Waals surface area contributed by atoms with Gasteiger partial charge < -0.3 is 9.84 Å². The molecule has 0 bridgehead atoms. The highest BCUT2D eigenvalue weighted by Crippen LogP contribution is 2.17. The lowest BCUT2D eigenvalue weighted by atomic mass is 10.3. The molecule has 1 N–H and O–H groups in total. The van der Waals surface area contributed by atoms with Crippen LogP contribution in [0.4, 0.5) is 5.69 Å². The van der Waals surface area contributed by atoms with Crippen molar-refractivity contribution in [3.05, 3.63) is 51.2 Å². The lowest BCUT2D eigenvalue weighted by Crippen LogP contribution is -2.23. The Morgan fingerprint density at radius 3 is 3.05 bits per heavy atom. The summed E-state index contributed by atoms with van der Waals surface area (Å²) in [7, 11) is 0. The van der Waals surface area contributed by atoms with Crippen LogP contribution in [-0.4, -0.2) is 14.9 Å². The van der Waals surface area contributed by atoms with E-state index in [1.165, 1.54) is 4.68 Å². The Hall–Kier alpha value is -1.89. The summed E-state index contributed by atoms with van der Waals surface area (Å²) in [6, 6.07) is 1.83. The number of allylic oxidation sites excluding steroid dienone is 1. The molecule has 7 heteroatoms. The molecule has 0 unspecified atom stereocenters. The number of hydrogen-bond acceptors (Lipinski definition) is 5. The van der Waals surface area contributed by atoms with E-state index in [9.17, 15) is 4.79 Å². The molecular weight excluding hydrogens is 312 g/mol. The van der Waals surface area contributed by atoms with Gasteiger partial charge in [0.15, 0.2) is 0 Å². The molecule has 0 spiro atoms. The van der Waals surface area contributed by atoms with Crippen LogP contribution in [0.2, 0.25) is 0 Å². The van der Waals surface area contributed by atoms with E-state index in [-0.39, 0.29) is 5.56 Å². The van der Waals surface area contributed by atoms with Crippen LogP contribution >= 0.6 is 15.9 Å². The molecule has 0 aliphatic rings. The summed E-state index contributed by atoms with van der Waals surface area (Å²) >= 11 is 3.27. The molecule has 0 atom stereocenters. The summed E-state index contributed by atoms with van der Waals surface area (Å²) < 4.78 is 6.72. The minimum Gasteiger partial charge on any atom is -0.377 e. The van der Waals surface area contributed by atoms with E-state index in [1.54, 1.807) is 12.3 Å². The number of aromatic nitrogens is 3. The average molecular weight is 325 g/mol. The zero-order valence-corrected chi connectivity index (χ0v) is 12.0. The SMILES string of the molecule is C=CCn1ncc(NCc2cc(C)on2)c(Br)c1=O. The number of hydrogen-bond donors (Lipinski definition) is 1. The van der Waals surface area contributed by atoms with Crippen molar-refractivity contribution in [3.63, 3.8) is 0 Å². The summed E-state index contributed by atoms with van der Waals surface area (Å²) in [5.74, 6) is 0.746. The van der Waals surface area contributed by atoms with Crippen LogP contribution < -0.4 is 10.9 Å². The van der Waals surface area contributed by atoms with E-state index in [0.29, 0.717) is 23.2 Å². The Balaban J connectivity index is 2.15. The molecule has 0 aliphatic heterocycles. The lowest BCUT2D eigenvalue weighted by Gasteiger charge is -2.08. The number of halogens is 1. The van der Waals surface area contributed by atoms with Crippen LogP contribution in [0.1, 0.15) is 11.5 Å². The van der Waals surface area contributed by atoms with Gasteiger partial charge in [0.25, 0.3) is 5.56 Å². The molecule has 0 aromatic carbocycles. The van der Waals surface area contributed by atoms with Crippen molar-refractivity contribution in [1.82, 2.24) is 14.9 Å². The van der Waals surface area contributed by atoms with Gasteiger partial charge in [-0.15, -0.1) is 6.58 Å². The second-order valence-electron chi connectivity index (χ2n) is 3.93. The minimum absolute atomic E-state index is 0.207. The van der Waals surface area contributed by atoms with Crippen molar-refractivity contribution in [2.45, 2.75) is 20.0 Å². The fraction of sp³-hybridized carbons (Fsp3) is 0.250. The molecule has 2 rings (SSSR count). The number of aryl methyl sites for hydroxylation is 1. The zero-order valence-electron chi connectivity index (χ0n) is 10.4. The number of nitrogens with zero attached hydrogens (tertiary/aromatic N) is 3. The monoisotopic (exact) mass is 324 g/mol. The van der Waals surface area contributed by atoms with Gasteiger partial charge in [-0.25, -0.2) is 4.68 Å². The van der Waals surface area contributed by atoms with Gasteiger partial charge in [-0.3, -0.25) is 4.79 Å². The van der Waals surface area contributed by atoms with Gasteiger partial charge in [0, 0.05) is 6.07 Å². The Morgan fingerprint density at radius 2 is 2.42 bits per heavy atom. The van der Waals surface area contributed by atoms with E-state index in [1.807, 2.05) is 13.0 Å². The van der Waals surface area contributed by atoms with Crippen LogP contribution in [0.3, 0.4) is 0 Å². The molecule has 2 heterocycles. The smallest absolute Gasteiger partial charge is 0.283 e. The molecular formula is C12H13BrN4O2. The summed E-state index contributed by atoms with van der Waals surface area (Å²) in [5, 5.41) is 11.0. The second kappa shape index (κ2) is 5.83. The largest absolute Gasteiger partial charge is 0.377 e. The number of nitrogens with one attached hydrogen (secondary N) is 1. The van der Waals surface area contributed by atoms with E-state index in [0.717, 1.165) is 11.5 Å². The van der Waals surface area contributed by atoms with E-state index in [4.69, 9.17) is 4.52 Å². The third kappa shape index (κ3) is 3.11. The molecule has 6 nitrogen and oxygen atoms in total. The quantitative estimate of drug-likeness (QED) is 0.852. The predicted molar refractivity (Wildman–Crippen MR) is 75.0 cm³/mol. The third-order valence-corrected chi connectivity index (χ3v) is 3.19. The van der Waals surface area contributed by atoms with E-state index < -0.39 is 0 Å². The van der Waals surface area contributed by atoms with Crippen LogP contribution in [0.25, 0.3) is 0 Å². The fourth-order valence-electron chi connectivity index (χ4n) is 1.53. The first-order valence-electron chi connectivity index (χ1n) is 5.64. The number of rotatable bonds is 5. The molecule has 0 radical (unpaired) electrons. The standard InChI is InChI=1S/C12H13BrN4O2/c1-3-4-17-12(18)11(13)10(7-15-17)14-6-9-5-8(2)19-16-9/h3,5,7,14H,1,4,6H2,2H3. The first kappa shape index (κ1) is 13.5. The van der Waals surface area contributed by atoms with Crippen molar-refractivity contribution in [1.29, 1.82) is 0 Å². The molecule has 0 amide bonds. The molecule has 19 heavy (non-hydrogen) atoms. The molecule has 0 saturated heterocycles. The van der Waals surface area contributed by atoms with Gasteiger partial charge in [-0.1, -0.05) is 11.2 Å². The highest BCUT2D eigenvalue weighted by Gasteiger charge is 2.08. The molecule has 0 saturated carbocycles. The Labute approximate surface area is 118 Å². The Bertz CT molecular complexity index is 647. The van der Waals surface area contributed by atoms with Crippen molar-refractivity contribution >= 4 is 21.6 Å². The predicted octanol–water partition coefficient (Wildman–Crippen LogP) is 2.10. The molecule has 0 fully saturated rings. The summed E-state index contributed by atoms with van der Waals surface area (Å²) in [4.78, 5) is 11.9. The zero-order chi connectivity index (χ0) is 13.8. The second-order valence-corrected chi connectivity index (χ2v) is 4.72. The van der Waals surface area contributed by atoms with Gasteiger partial charge in [0.2, 0.25) is 0 Å². The van der Waals surface area contributed by atoms with Gasteiger partial charge in [-0.05, 0) is 22.9 Å². The minimum atomic E-state index is -0.207. The van der Waals surface area contributed by atoms with Crippen molar-refractivity contribution < 1.29 is 4.52 Å². The normalized spacial score (nSPS) is 10.4. The summed E-state index contributed by atoms with van der Waals surface area (Å²) in [5.41, 5.74) is 1.17. The third-order valence-electron chi connectivity index (χ3n) is 2.42. The summed E-state index contributed by atoms with van der Waals surface area (Å²) in [6.45, 7) is 6.24. The molecule has 100 valence electrons. The first-order valence-corrected chi connectivity index (χ1v) is 6.43. The lowest BCUT2D eigenvalue weighted by molar-refractivity contribution is 0.391. The van der Waals surface area contributed by atoms with Crippen LogP contribution in [-0.2, 0) is 13.1 Å². The fourth-order valence-corrected chi connectivity index (χ4v) is 1.97. The van der Waals surface area contributed by atoms with Crippen LogP contribution in [0, 0.1) is 6.92 Å². The Kier molecular flexibility index (Phi) is 4.16. The van der Waals surface area contributed by atoms with E-state index >= 15 is 0 Å². The van der Waals surface area contributed by atoms with Crippen molar-refractivity contribution in [2.75, 3.05) is 5.32 Å². The highest BCUT2D eigenvalue weighted by molar-refractivity contribution is 9.10. The maximum Gasteiger partial charge on any atom is 0.283 e. The van der Waals surface area contributed by atoms with Gasteiger partial charge in [-0.2, -0.15) is 5.10 Å². The molecule has 2 aromatic rings. The molecule has 2 aromatic heterocycles. The van der Waals surface area contributed by atoms with Crippen molar-refractivity contribution in [3.8, 4) is 0 Å². The van der Waals surface area contributed by atoms with Gasteiger partial charge >= 0.3 is 0 Å². The van der Waals surface area contributed by atoms with Gasteiger partial charge in [0.1, 0.15) is 15.9 Å². The van der Waals surface area contributed by atoms with Crippen LogP contribution in [0.5, 0.6) is 0 Å². The average Bonchev–Trinajstić information content (AvgIpc) is 2.80. The van der Waals surface area contributed by atoms with Crippen molar-refractivity contribution in [2.24, 2.45) is 0 Å². The molecule has 0 aliphatic carbocycles. The topological polar surface area (TPSA) is 73.0 Å². The van der Waals surface area contributed by atoms with Crippen LogP contribution in [0.15, 0.2) is 38.7 Å². The summed E-state index contributed by atoms with van der Waals surface area (Å²) in [6.07, 6.45) is 3.20. The van der Waals surface area contributed by atoms with Gasteiger partial charge in [0.05, 0.1) is 25.0 Å². The highest BCUT2D eigenvalue weighted by atomic mass is 79.9.